The number of nitrogens with two attached hydrogens (primary N) is 1. The fourth-order valence-corrected chi connectivity index (χ4v) is 3.96. The third-order valence-electron chi connectivity index (χ3n) is 3.84. The Morgan fingerprint density at radius 1 is 1.61 bits per heavy atom. The van der Waals surface area contributed by atoms with Crippen LogP contribution in [0.3, 0.4) is 0 Å². The van der Waals surface area contributed by atoms with Crippen LogP contribution in [0.4, 0.5) is 0 Å². The van der Waals surface area contributed by atoms with Crippen molar-refractivity contribution >= 4 is 11.3 Å². The summed E-state index contributed by atoms with van der Waals surface area (Å²) in [6.07, 6.45) is 8.66. The summed E-state index contributed by atoms with van der Waals surface area (Å²) in [6.45, 7) is 0. The van der Waals surface area contributed by atoms with Crippen LogP contribution in [0.2, 0.25) is 0 Å². The van der Waals surface area contributed by atoms with Crippen molar-refractivity contribution in [2.24, 2.45) is 12.8 Å². The molecule has 0 amide bonds. The molecule has 0 saturated carbocycles. The van der Waals surface area contributed by atoms with Crippen LogP contribution >= 0.6 is 11.3 Å². The van der Waals surface area contributed by atoms with E-state index in [4.69, 9.17) is 5.73 Å². The van der Waals surface area contributed by atoms with Crippen LogP contribution in [0.5, 0.6) is 0 Å². The topological polar surface area (TPSA) is 43.8 Å². The van der Waals surface area contributed by atoms with Gasteiger partial charge in [-0.3, -0.25) is 4.68 Å². The van der Waals surface area contributed by atoms with Crippen LogP contribution in [0, 0.1) is 0 Å². The molecule has 0 radical (unpaired) electrons. The molecule has 2 N–H and O–H groups in total. The number of hydrogen-bond donors (Lipinski definition) is 1. The number of hydrogen-bond acceptors (Lipinski definition) is 3. The Morgan fingerprint density at radius 2 is 2.50 bits per heavy atom. The summed E-state index contributed by atoms with van der Waals surface area (Å²) in [5, 5.41) is 6.42. The molecule has 0 aromatic carbocycles. The van der Waals surface area contributed by atoms with Crippen molar-refractivity contribution in [3.05, 3.63) is 39.8 Å². The molecule has 4 heteroatoms. The minimum atomic E-state index is 0.211. The van der Waals surface area contributed by atoms with E-state index in [-0.39, 0.29) is 6.04 Å². The van der Waals surface area contributed by atoms with Crippen molar-refractivity contribution in [1.82, 2.24) is 9.78 Å². The molecule has 0 saturated heterocycles. The van der Waals surface area contributed by atoms with E-state index >= 15 is 0 Å². The molecular formula is C14H19N3S. The molecular weight excluding hydrogens is 242 g/mol. The molecule has 1 aliphatic rings. The first kappa shape index (κ1) is 11.9. The van der Waals surface area contributed by atoms with E-state index < -0.39 is 0 Å². The molecule has 0 bridgehead atoms. The summed E-state index contributed by atoms with van der Waals surface area (Å²) < 4.78 is 1.85. The maximum Gasteiger partial charge on any atom is 0.0522 e. The van der Waals surface area contributed by atoms with E-state index in [0.29, 0.717) is 5.92 Å². The Bertz CT molecular complexity index is 529. The largest absolute Gasteiger partial charge is 0.327 e. The van der Waals surface area contributed by atoms with E-state index in [9.17, 15) is 0 Å². The Balaban J connectivity index is 1.76. The van der Waals surface area contributed by atoms with Gasteiger partial charge in [0.15, 0.2) is 0 Å². The number of aryl methyl sites for hydroxylation is 2. The molecule has 1 aliphatic carbocycles. The Labute approximate surface area is 112 Å². The minimum absolute atomic E-state index is 0.211. The molecule has 2 atom stereocenters. The number of nitrogens with zero attached hydrogens (tertiary/aromatic N) is 2. The van der Waals surface area contributed by atoms with E-state index in [1.807, 2.05) is 29.3 Å². The first-order valence-electron chi connectivity index (χ1n) is 6.53. The normalized spacial score (nSPS) is 20.7. The van der Waals surface area contributed by atoms with E-state index in [0.717, 1.165) is 6.42 Å². The molecule has 3 rings (SSSR count). The molecule has 0 spiro atoms. The fourth-order valence-electron chi connectivity index (χ4n) is 2.96. The van der Waals surface area contributed by atoms with Gasteiger partial charge in [-0.15, -0.1) is 11.3 Å². The number of aromatic nitrogens is 2. The molecule has 2 heterocycles. The highest BCUT2D eigenvalue weighted by molar-refractivity contribution is 7.10. The zero-order chi connectivity index (χ0) is 12.5. The van der Waals surface area contributed by atoms with Crippen molar-refractivity contribution in [1.29, 1.82) is 0 Å². The average Bonchev–Trinajstić information content (AvgIpc) is 2.97. The van der Waals surface area contributed by atoms with Gasteiger partial charge in [0, 0.05) is 30.1 Å². The number of thiophene rings is 1. The van der Waals surface area contributed by atoms with E-state index in [1.54, 1.807) is 4.88 Å². The summed E-state index contributed by atoms with van der Waals surface area (Å²) in [6, 6.07) is 2.48. The maximum atomic E-state index is 6.43. The van der Waals surface area contributed by atoms with E-state index in [2.05, 4.69) is 22.7 Å². The molecule has 0 fully saturated rings. The van der Waals surface area contributed by atoms with Crippen molar-refractivity contribution in [3.8, 4) is 0 Å². The van der Waals surface area contributed by atoms with Crippen LogP contribution < -0.4 is 5.73 Å². The lowest BCUT2D eigenvalue weighted by Gasteiger charge is -2.27. The van der Waals surface area contributed by atoms with Crippen molar-refractivity contribution < 1.29 is 0 Å². The van der Waals surface area contributed by atoms with Crippen LogP contribution in [-0.4, -0.2) is 15.8 Å². The summed E-state index contributed by atoms with van der Waals surface area (Å²) in [7, 11) is 1.95. The quantitative estimate of drug-likeness (QED) is 0.922. The zero-order valence-electron chi connectivity index (χ0n) is 10.7. The molecule has 2 aromatic heterocycles. The van der Waals surface area contributed by atoms with Gasteiger partial charge in [-0.2, -0.15) is 5.10 Å². The predicted molar refractivity (Wildman–Crippen MR) is 74.9 cm³/mol. The molecule has 2 aromatic rings. The van der Waals surface area contributed by atoms with Gasteiger partial charge >= 0.3 is 0 Å². The highest BCUT2D eigenvalue weighted by Gasteiger charge is 2.26. The van der Waals surface area contributed by atoms with Gasteiger partial charge in [0.05, 0.1) is 6.20 Å². The lowest BCUT2D eigenvalue weighted by atomic mass is 9.81. The standard InChI is InChI=1S/C14H19N3S/c1-17-9-10(8-16-17)7-13(15)11-3-2-4-14-12(11)5-6-18-14/h5-6,8-9,11,13H,2-4,7,15H2,1H3. The second-order valence-corrected chi connectivity index (χ2v) is 6.19. The molecule has 96 valence electrons. The summed E-state index contributed by atoms with van der Waals surface area (Å²) in [5.41, 5.74) is 9.18. The van der Waals surface area contributed by atoms with Crippen LogP contribution in [-0.2, 0) is 19.9 Å². The molecule has 18 heavy (non-hydrogen) atoms. The number of fused-ring (bicyclic) bond motifs is 1. The lowest BCUT2D eigenvalue weighted by Crippen LogP contribution is -2.32. The Hall–Kier alpha value is -1.13. The molecule has 0 aliphatic heterocycles. The van der Waals surface area contributed by atoms with Crippen molar-refractivity contribution in [2.45, 2.75) is 37.6 Å². The summed E-state index contributed by atoms with van der Waals surface area (Å²) in [4.78, 5) is 1.55. The Kier molecular flexibility index (Phi) is 3.22. The Morgan fingerprint density at radius 3 is 3.28 bits per heavy atom. The third kappa shape index (κ3) is 2.22. The van der Waals surface area contributed by atoms with Crippen molar-refractivity contribution in [3.63, 3.8) is 0 Å². The smallest absolute Gasteiger partial charge is 0.0522 e. The first-order valence-corrected chi connectivity index (χ1v) is 7.41. The highest BCUT2D eigenvalue weighted by atomic mass is 32.1. The van der Waals surface area contributed by atoms with Gasteiger partial charge in [-0.25, -0.2) is 0 Å². The van der Waals surface area contributed by atoms with E-state index in [1.165, 1.54) is 30.4 Å². The third-order valence-corrected chi connectivity index (χ3v) is 4.84. The zero-order valence-corrected chi connectivity index (χ0v) is 11.5. The van der Waals surface area contributed by atoms with Crippen LogP contribution in [0.25, 0.3) is 0 Å². The van der Waals surface area contributed by atoms with Crippen LogP contribution in [0.1, 0.15) is 34.8 Å². The second kappa shape index (κ2) is 4.86. The van der Waals surface area contributed by atoms with Gasteiger partial charge in [-0.1, -0.05) is 0 Å². The second-order valence-electron chi connectivity index (χ2n) is 5.19. The molecule has 3 nitrogen and oxygen atoms in total. The average molecular weight is 261 g/mol. The summed E-state index contributed by atoms with van der Waals surface area (Å²) in [5.74, 6) is 0.528. The van der Waals surface area contributed by atoms with Gasteiger partial charge < -0.3 is 5.73 Å². The predicted octanol–water partition coefficient (Wildman–Crippen LogP) is 2.47. The molecule has 2 unspecified atom stereocenters. The van der Waals surface area contributed by atoms with Gasteiger partial charge in [-0.05, 0) is 48.3 Å². The van der Waals surface area contributed by atoms with Gasteiger partial charge in [0.25, 0.3) is 0 Å². The minimum Gasteiger partial charge on any atom is -0.327 e. The number of rotatable bonds is 3. The van der Waals surface area contributed by atoms with Crippen LogP contribution in [0.15, 0.2) is 23.8 Å². The summed E-state index contributed by atoms with van der Waals surface area (Å²) >= 11 is 1.88. The highest BCUT2D eigenvalue weighted by Crippen LogP contribution is 2.37. The van der Waals surface area contributed by atoms with Gasteiger partial charge in [0.1, 0.15) is 0 Å². The SMILES string of the molecule is Cn1cc(CC(N)C2CCCc3sccc32)cn1. The lowest BCUT2D eigenvalue weighted by molar-refractivity contribution is 0.464. The van der Waals surface area contributed by atoms with Crippen molar-refractivity contribution in [2.75, 3.05) is 0 Å². The van der Waals surface area contributed by atoms with Gasteiger partial charge in [0.2, 0.25) is 0 Å². The maximum absolute atomic E-state index is 6.43. The monoisotopic (exact) mass is 261 g/mol. The first-order chi connectivity index (χ1) is 8.74. The fraction of sp³-hybridized carbons (Fsp3) is 0.500.